The van der Waals surface area contributed by atoms with Crippen LogP contribution in [0.25, 0.3) is 5.69 Å². The van der Waals surface area contributed by atoms with E-state index in [0.717, 1.165) is 11.3 Å². The first-order valence-corrected chi connectivity index (χ1v) is 11.6. The van der Waals surface area contributed by atoms with E-state index >= 15 is 0 Å². The Labute approximate surface area is 183 Å². The normalized spacial score (nSPS) is 12.7. The van der Waals surface area contributed by atoms with Crippen molar-refractivity contribution in [2.75, 3.05) is 13.1 Å². The molecule has 0 bridgehead atoms. The Kier molecular flexibility index (Phi) is 6.87. The van der Waals surface area contributed by atoms with Gasteiger partial charge in [0, 0.05) is 18.7 Å². The van der Waals surface area contributed by atoms with Gasteiger partial charge < -0.3 is 5.32 Å². The van der Waals surface area contributed by atoms with Gasteiger partial charge >= 0.3 is 0 Å². The van der Waals surface area contributed by atoms with Crippen LogP contribution in [0.1, 0.15) is 48.3 Å². The molecule has 1 atom stereocenters. The molecule has 0 radical (unpaired) electrons. The second kappa shape index (κ2) is 9.40. The molecule has 31 heavy (non-hydrogen) atoms. The monoisotopic (exact) mass is 441 g/mol. The van der Waals surface area contributed by atoms with Crippen molar-refractivity contribution in [3.8, 4) is 5.69 Å². The van der Waals surface area contributed by atoms with Gasteiger partial charge in [-0.1, -0.05) is 32.0 Å². The smallest absolute Gasteiger partial charge is 0.251 e. The fourth-order valence-electron chi connectivity index (χ4n) is 3.34. The van der Waals surface area contributed by atoms with Crippen molar-refractivity contribution in [1.29, 1.82) is 0 Å². The van der Waals surface area contributed by atoms with E-state index in [0.29, 0.717) is 24.2 Å². The quantitative estimate of drug-likeness (QED) is 0.579. The third-order valence-electron chi connectivity index (χ3n) is 5.20. The van der Waals surface area contributed by atoms with Gasteiger partial charge in [-0.2, -0.15) is 9.40 Å². The Morgan fingerprint density at radius 1 is 1.13 bits per heavy atom. The summed E-state index contributed by atoms with van der Waals surface area (Å²) >= 11 is 0. The lowest BCUT2D eigenvalue weighted by Crippen LogP contribution is -2.32. The van der Waals surface area contributed by atoms with E-state index in [9.17, 15) is 13.2 Å². The van der Waals surface area contributed by atoms with Crippen LogP contribution in [0.15, 0.2) is 60.0 Å². The first-order valence-electron chi connectivity index (χ1n) is 10.1. The van der Waals surface area contributed by atoms with Crippen LogP contribution in [-0.2, 0) is 10.0 Å². The number of carbonyl (C=O) groups excluding carboxylic acids is 1. The lowest BCUT2D eigenvalue weighted by molar-refractivity contribution is 0.0939. The number of benzene rings is 2. The second-order valence-electron chi connectivity index (χ2n) is 7.20. The Bertz CT molecular complexity index is 1140. The number of sulfonamides is 1. The van der Waals surface area contributed by atoms with Gasteiger partial charge in [0.25, 0.3) is 5.91 Å². The minimum Gasteiger partial charge on any atom is -0.346 e. The van der Waals surface area contributed by atoms with Crippen molar-refractivity contribution >= 4 is 15.9 Å². The van der Waals surface area contributed by atoms with E-state index in [1.807, 2.05) is 31.2 Å². The molecule has 0 aliphatic rings. The summed E-state index contributed by atoms with van der Waals surface area (Å²) in [5.74, 6) is -0.330. The molecule has 0 saturated heterocycles. The molecule has 3 aromatic rings. The van der Waals surface area contributed by atoms with Crippen molar-refractivity contribution < 1.29 is 13.2 Å². The fraction of sp³-hybridized carbons (Fsp3) is 0.318. The van der Waals surface area contributed by atoms with Gasteiger partial charge in [0.2, 0.25) is 10.0 Å². The minimum atomic E-state index is -3.65. The number of nitrogens with zero attached hydrogens (tertiary/aromatic N) is 4. The average Bonchev–Trinajstić information content (AvgIpc) is 3.29. The highest BCUT2D eigenvalue weighted by Crippen LogP contribution is 2.22. The fourth-order valence-corrected chi connectivity index (χ4v) is 5.05. The molecule has 2 aromatic carbocycles. The topological polar surface area (TPSA) is 97.2 Å². The second-order valence-corrected chi connectivity index (χ2v) is 9.10. The zero-order chi connectivity index (χ0) is 22.6. The summed E-state index contributed by atoms with van der Waals surface area (Å²) in [5, 5.41) is 7.03. The highest BCUT2D eigenvalue weighted by Gasteiger charge is 2.25. The van der Waals surface area contributed by atoms with Crippen molar-refractivity contribution in [2.24, 2.45) is 0 Å². The van der Waals surface area contributed by atoms with E-state index < -0.39 is 10.0 Å². The van der Waals surface area contributed by atoms with Crippen LogP contribution in [0.3, 0.4) is 0 Å². The Balaban J connectivity index is 1.79. The lowest BCUT2D eigenvalue weighted by Gasteiger charge is -2.20. The number of amides is 1. The third-order valence-corrected chi connectivity index (χ3v) is 7.39. The van der Waals surface area contributed by atoms with Gasteiger partial charge in [-0.25, -0.2) is 18.1 Å². The molecule has 9 heteroatoms. The van der Waals surface area contributed by atoms with E-state index in [2.05, 4.69) is 15.4 Å². The van der Waals surface area contributed by atoms with Crippen molar-refractivity contribution in [3.63, 3.8) is 0 Å². The molecule has 1 aromatic heterocycles. The van der Waals surface area contributed by atoms with E-state index in [1.54, 1.807) is 43.9 Å². The zero-order valence-corrected chi connectivity index (χ0v) is 18.9. The highest BCUT2D eigenvalue weighted by atomic mass is 32.2. The van der Waals surface area contributed by atoms with Crippen LogP contribution < -0.4 is 5.32 Å². The predicted octanol–water partition coefficient (Wildman–Crippen LogP) is 3.10. The summed E-state index contributed by atoms with van der Waals surface area (Å²) in [4.78, 5) is 16.9. The summed E-state index contributed by atoms with van der Waals surface area (Å²) in [5.41, 5.74) is 2.70. The highest BCUT2D eigenvalue weighted by molar-refractivity contribution is 7.89. The third kappa shape index (κ3) is 4.83. The molecule has 0 fully saturated rings. The summed E-state index contributed by atoms with van der Waals surface area (Å²) in [6.07, 6.45) is 3.08. The van der Waals surface area contributed by atoms with E-state index in [1.165, 1.54) is 16.7 Å². The van der Waals surface area contributed by atoms with E-state index in [-0.39, 0.29) is 16.8 Å². The van der Waals surface area contributed by atoms with Crippen molar-refractivity contribution in [1.82, 2.24) is 24.4 Å². The van der Waals surface area contributed by atoms with Crippen molar-refractivity contribution in [2.45, 2.75) is 38.6 Å². The molecule has 1 unspecified atom stereocenters. The standard InChI is InChI=1S/C22H27N5O3S/c1-5-26(6-2)31(29,30)21-13-19(8-7-16(21)3)22(28)25-17(4)18-9-11-20(12-10-18)27-15-23-14-24-27/h7-15,17H,5-6H2,1-4H3,(H,25,28). The first kappa shape index (κ1) is 22.6. The largest absolute Gasteiger partial charge is 0.346 e. The van der Waals surface area contributed by atoms with Crippen LogP contribution in [0.5, 0.6) is 0 Å². The average molecular weight is 442 g/mol. The maximum Gasteiger partial charge on any atom is 0.251 e. The van der Waals surface area contributed by atoms with Crippen LogP contribution >= 0.6 is 0 Å². The molecule has 3 rings (SSSR count). The minimum absolute atomic E-state index is 0.161. The summed E-state index contributed by atoms with van der Waals surface area (Å²) in [7, 11) is -3.65. The number of nitrogens with one attached hydrogen (secondary N) is 1. The Morgan fingerprint density at radius 3 is 2.39 bits per heavy atom. The van der Waals surface area contributed by atoms with E-state index in [4.69, 9.17) is 0 Å². The van der Waals surface area contributed by atoms with Crippen molar-refractivity contribution in [3.05, 3.63) is 71.8 Å². The van der Waals surface area contributed by atoms with Gasteiger partial charge in [0.15, 0.2) is 0 Å². The maximum absolute atomic E-state index is 12.9. The number of carbonyl (C=O) groups is 1. The molecule has 1 amide bonds. The molecule has 0 aliphatic heterocycles. The summed E-state index contributed by atoms with van der Waals surface area (Å²) in [6, 6.07) is 12.1. The van der Waals surface area contributed by atoms with Gasteiger partial charge in [-0.3, -0.25) is 4.79 Å². The van der Waals surface area contributed by atoms with Gasteiger partial charge in [-0.15, -0.1) is 0 Å². The van der Waals surface area contributed by atoms with Crippen LogP contribution in [0, 0.1) is 6.92 Å². The van der Waals surface area contributed by atoms with Crippen LogP contribution in [0.4, 0.5) is 0 Å². The number of aryl methyl sites for hydroxylation is 1. The van der Waals surface area contributed by atoms with Gasteiger partial charge in [0.1, 0.15) is 12.7 Å². The number of hydrogen-bond acceptors (Lipinski definition) is 5. The molecular weight excluding hydrogens is 414 g/mol. The summed E-state index contributed by atoms with van der Waals surface area (Å²) in [6.45, 7) is 7.94. The van der Waals surface area contributed by atoms with Gasteiger partial charge in [0.05, 0.1) is 16.6 Å². The predicted molar refractivity (Wildman–Crippen MR) is 119 cm³/mol. The molecule has 0 saturated carbocycles. The lowest BCUT2D eigenvalue weighted by atomic mass is 10.1. The molecule has 8 nitrogen and oxygen atoms in total. The molecule has 0 spiro atoms. The van der Waals surface area contributed by atoms with Crippen LogP contribution in [0.2, 0.25) is 0 Å². The summed E-state index contributed by atoms with van der Waals surface area (Å²) < 4.78 is 28.9. The zero-order valence-electron chi connectivity index (χ0n) is 18.1. The molecule has 1 N–H and O–H groups in total. The number of aromatic nitrogens is 3. The Morgan fingerprint density at radius 2 is 1.81 bits per heavy atom. The Hall–Kier alpha value is -3.04. The van der Waals surface area contributed by atoms with Gasteiger partial charge in [-0.05, 0) is 49.2 Å². The molecule has 1 heterocycles. The molecule has 164 valence electrons. The maximum atomic E-state index is 12.9. The number of hydrogen-bond donors (Lipinski definition) is 1. The molecular formula is C22H27N5O3S. The SMILES string of the molecule is CCN(CC)S(=O)(=O)c1cc(C(=O)NC(C)c2ccc(-n3cncn3)cc2)ccc1C. The molecule has 0 aliphatic carbocycles. The first-order chi connectivity index (χ1) is 14.8. The number of rotatable bonds is 8. The van der Waals surface area contributed by atoms with Crippen LogP contribution in [-0.4, -0.2) is 46.5 Å².